The molecule has 0 heterocycles. The second kappa shape index (κ2) is 6.68. The van der Waals surface area contributed by atoms with Crippen molar-refractivity contribution >= 4 is 21.7 Å². The van der Waals surface area contributed by atoms with Gasteiger partial charge in [-0.15, -0.1) is 0 Å². The summed E-state index contributed by atoms with van der Waals surface area (Å²) < 4.78 is 22.7. The highest BCUT2D eigenvalue weighted by Crippen LogP contribution is 2.16. The van der Waals surface area contributed by atoms with E-state index in [1.165, 1.54) is 12.1 Å². The molecule has 0 aliphatic heterocycles. The Kier molecular flexibility index (Phi) is 5.45. The third-order valence-electron chi connectivity index (χ3n) is 2.92. The van der Waals surface area contributed by atoms with Crippen LogP contribution in [-0.4, -0.2) is 32.5 Å². The highest BCUT2D eigenvalue weighted by atomic mass is 32.2. The largest absolute Gasteiger partial charge is 0.370 e. The van der Waals surface area contributed by atoms with Crippen LogP contribution in [0.1, 0.15) is 24.9 Å². The summed E-state index contributed by atoms with van der Waals surface area (Å²) in [7, 11) is -3.25. The SMILES string of the molecule is CC(NC(=O)C(N)CC(N)=O)c1ccc(S(C)(=O)=O)cc1. The minimum absolute atomic E-state index is 0.204. The van der Waals surface area contributed by atoms with E-state index in [-0.39, 0.29) is 17.4 Å². The van der Waals surface area contributed by atoms with Crippen LogP contribution in [0.3, 0.4) is 0 Å². The van der Waals surface area contributed by atoms with Gasteiger partial charge in [0.1, 0.15) is 0 Å². The fourth-order valence-corrected chi connectivity index (χ4v) is 2.35. The zero-order valence-electron chi connectivity index (χ0n) is 11.9. The van der Waals surface area contributed by atoms with Crippen molar-refractivity contribution in [2.45, 2.75) is 30.3 Å². The number of sulfone groups is 1. The summed E-state index contributed by atoms with van der Waals surface area (Å²) in [4.78, 5) is 22.7. The second-order valence-corrected chi connectivity index (χ2v) is 6.86. The maximum Gasteiger partial charge on any atom is 0.237 e. The van der Waals surface area contributed by atoms with E-state index >= 15 is 0 Å². The molecule has 2 amide bonds. The second-order valence-electron chi connectivity index (χ2n) is 4.85. The van der Waals surface area contributed by atoms with E-state index in [0.29, 0.717) is 0 Å². The van der Waals surface area contributed by atoms with Crippen LogP contribution in [0.4, 0.5) is 0 Å². The number of carbonyl (C=O) groups is 2. The molecule has 116 valence electrons. The van der Waals surface area contributed by atoms with Crippen molar-refractivity contribution < 1.29 is 18.0 Å². The molecule has 2 unspecified atom stereocenters. The standard InChI is InChI=1S/C13H19N3O4S/c1-8(16-13(18)11(14)7-12(15)17)9-3-5-10(6-4-9)21(2,19)20/h3-6,8,11H,7,14H2,1-2H3,(H2,15,17)(H,16,18). The Labute approximate surface area is 123 Å². The predicted molar refractivity (Wildman–Crippen MR) is 77.9 cm³/mol. The van der Waals surface area contributed by atoms with Gasteiger partial charge in [0.25, 0.3) is 0 Å². The van der Waals surface area contributed by atoms with Crippen molar-refractivity contribution in [3.63, 3.8) is 0 Å². The Balaban J connectivity index is 2.74. The molecule has 0 saturated heterocycles. The lowest BCUT2D eigenvalue weighted by atomic mass is 10.1. The third-order valence-corrected chi connectivity index (χ3v) is 4.05. The van der Waals surface area contributed by atoms with Crippen molar-refractivity contribution in [2.75, 3.05) is 6.26 Å². The van der Waals surface area contributed by atoms with E-state index in [1.807, 2.05) is 0 Å². The molecular formula is C13H19N3O4S. The average Bonchev–Trinajstić information content (AvgIpc) is 2.36. The molecule has 0 aromatic heterocycles. The molecule has 1 aromatic carbocycles. The van der Waals surface area contributed by atoms with Gasteiger partial charge in [0, 0.05) is 6.26 Å². The maximum atomic E-state index is 11.7. The third kappa shape index (κ3) is 5.16. The monoisotopic (exact) mass is 313 g/mol. The first-order chi connectivity index (χ1) is 9.61. The van der Waals surface area contributed by atoms with Crippen LogP contribution >= 0.6 is 0 Å². The maximum absolute atomic E-state index is 11.7. The smallest absolute Gasteiger partial charge is 0.237 e. The number of benzene rings is 1. The van der Waals surface area contributed by atoms with Gasteiger partial charge in [0.05, 0.1) is 23.4 Å². The van der Waals surface area contributed by atoms with Crippen LogP contribution in [0.2, 0.25) is 0 Å². The van der Waals surface area contributed by atoms with Gasteiger partial charge in [0.15, 0.2) is 9.84 Å². The van der Waals surface area contributed by atoms with E-state index < -0.39 is 27.7 Å². The van der Waals surface area contributed by atoms with Gasteiger partial charge in [-0.25, -0.2) is 8.42 Å². The van der Waals surface area contributed by atoms with Gasteiger partial charge in [-0.3, -0.25) is 9.59 Å². The number of amides is 2. The lowest BCUT2D eigenvalue weighted by Crippen LogP contribution is -2.43. The molecule has 0 aliphatic rings. The average molecular weight is 313 g/mol. The number of nitrogens with one attached hydrogen (secondary N) is 1. The number of rotatable bonds is 6. The number of carbonyl (C=O) groups excluding carboxylic acids is 2. The molecule has 21 heavy (non-hydrogen) atoms. The minimum atomic E-state index is -3.25. The molecule has 0 saturated carbocycles. The van der Waals surface area contributed by atoms with E-state index in [4.69, 9.17) is 11.5 Å². The summed E-state index contributed by atoms with van der Waals surface area (Å²) in [6.45, 7) is 1.73. The molecule has 5 N–H and O–H groups in total. The first-order valence-corrected chi connectivity index (χ1v) is 8.14. The van der Waals surface area contributed by atoms with Crippen molar-refractivity contribution in [1.82, 2.24) is 5.32 Å². The van der Waals surface area contributed by atoms with E-state index in [1.54, 1.807) is 19.1 Å². The summed E-state index contributed by atoms with van der Waals surface area (Å²) in [5, 5.41) is 2.64. The Morgan fingerprint density at radius 3 is 2.19 bits per heavy atom. The fraction of sp³-hybridized carbons (Fsp3) is 0.385. The normalized spacial score (nSPS) is 14.2. The van der Waals surface area contributed by atoms with Gasteiger partial charge in [-0.1, -0.05) is 12.1 Å². The lowest BCUT2D eigenvalue weighted by Gasteiger charge is -2.17. The zero-order chi connectivity index (χ0) is 16.2. The van der Waals surface area contributed by atoms with Crippen molar-refractivity contribution in [2.24, 2.45) is 11.5 Å². The summed E-state index contributed by atoms with van der Waals surface area (Å²) in [5.74, 6) is -1.14. The number of nitrogens with two attached hydrogens (primary N) is 2. The predicted octanol–water partition coefficient (Wildman–Crippen LogP) is -0.530. The van der Waals surface area contributed by atoms with Gasteiger partial charge < -0.3 is 16.8 Å². The van der Waals surface area contributed by atoms with Gasteiger partial charge in [-0.2, -0.15) is 0 Å². The van der Waals surface area contributed by atoms with E-state index in [0.717, 1.165) is 11.8 Å². The molecule has 7 nitrogen and oxygen atoms in total. The Hall–Kier alpha value is -1.93. The molecule has 0 fully saturated rings. The first kappa shape index (κ1) is 17.1. The Morgan fingerprint density at radius 2 is 1.76 bits per heavy atom. The van der Waals surface area contributed by atoms with Gasteiger partial charge in [0.2, 0.25) is 11.8 Å². The minimum Gasteiger partial charge on any atom is -0.370 e. The molecule has 0 radical (unpaired) electrons. The van der Waals surface area contributed by atoms with E-state index in [9.17, 15) is 18.0 Å². The van der Waals surface area contributed by atoms with Crippen molar-refractivity contribution in [3.8, 4) is 0 Å². The highest BCUT2D eigenvalue weighted by Gasteiger charge is 2.18. The Bertz CT molecular complexity index is 625. The topological polar surface area (TPSA) is 132 Å². The summed E-state index contributed by atoms with van der Waals surface area (Å²) in [5.41, 5.74) is 11.2. The van der Waals surface area contributed by atoms with Crippen molar-refractivity contribution in [3.05, 3.63) is 29.8 Å². The molecule has 0 aliphatic carbocycles. The van der Waals surface area contributed by atoms with Gasteiger partial charge in [-0.05, 0) is 24.6 Å². The number of hydrogen-bond acceptors (Lipinski definition) is 5. The fourth-order valence-electron chi connectivity index (χ4n) is 1.72. The first-order valence-electron chi connectivity index (χ1n) is 6.25. The number of hydrogen-bond donors (Lipinski definition) is 3. The summed E-state index contributed by atoms with van der Waals surface area (Å²) >= 11 is 0. The van der Waals surface area contributed by atoms with Crippen LogP contribution in [0.25, 0.3) is 0 Å². The lowest BCUT2D eigenvalue weighted by molar-refractivity contribution is -0.126. The van der Waals surface area contributed by atoms with Crippen LogP contribution < -0.4 is 16.8 Å². The van der Waals surface area contributed by atoms with E-state index in [2.05, 4.69) is 5.32 Å². The molecule has 2 atom stereocenters. The van der Waals surface area contributed by atoms with Crippen LogP contribution in [0.5, 0.6) is 0 Å². The molecular weight excluding hydrogens is 294 g/mol. The molecule has 0 spiro atoms. The Morgan fingerprint density at radius 1 is 1.24 bits per heavy atom. The number of primary amides is 1. The zero-order valence-corrected chi connectivity index (χ0v) is 12.7. The quantitative estimate of drug-likeness (QED) is 0.649. The molecule has 0 bridgehead atoms. The summed E-state index contributed by atoms with van der Waals surface area (Å²) in [6, 6.07) is 4.79. The molecule has 1 rings (SSSR count). The van der Waals surface area contributed by atoms with Gasteiger partial charge >= 0.3 is 0 Å². The van der Waals surface area contributed by atoms with Crippen molar-refractivity contribution in [1.29, 1.82) is 0 Å². The van der Waals surface area contributed by atoms with Crippen LogP contribution in [0, 0.1) is 0 Å². The van der Waals surface area contributed by atoms with Crippen LogP contribution in [0.15, 0.2) is 29.2 Å². The summed E-state index contributed by atoms with van der Waals surface area (Å²) in [6.07, 6.45) is 0.891. The molecule has 8 heteroatoms. The van der Waals surface area contributed by atoms with Crippen LogP contribution in [-0.2, 0) is 19.4 Å². The highest BCUT2D eigenvalue weighted by molar-refractivity contribution is 7.90. The molecule has 1 aromatic rings.